The third-order valence-electron chi connectivity index (χ3n) is 6.99. The van der Waals surface area contributed by atoms with Gasteiger partial charge in [-0.1, -0.05) is 11.6 Å². The molecule has 0 bridgehead atoms. The van der Waals surface area contributed by atoms with Gasteiger partial charge in [0.15, 0.2) is 11.2 Å². The lowest BCUT2D eigenvalue weighted by Gasteiger charge is -2.29. The van der Waals surface area contributed by atoms with Crippen molar-refractivity contribution in [3.63, 3.8) is 0 Å². The Hall–Kier alpha value is -3.56. The highest BCUT2D eigenvalue weighted by atomic mass is 35.5. The van der Waals surface area contributed by atoms with Gasteiger partial charge in [0, 0.05) is 24.0 Å². The summed E-state index contributed by atoms with van der Waals surface area (Å²) in [6, 6.07) is 9.49. The molecule has 4 heterocycles. The molecule has 1 N–H and O–H groups in total. The number of piperidine rings is 1. The van der Waals surface area contributed by atoms with E-state index in [2.05, 4.69) is 21.9 Å². The van der Waals surface area contributed by atoms with Crippen LogP contribution in [0.5, 0.6) is 5.88 Å². The number of nitrogens with zero attached hydrogens (tertiary/aromatic N) is 6. The number of aromatic nitrogens is 5. The van der Waals surface area contributed by atoms with E-state index in [0.717, 1.165) is 24.1 Å². The van der Waals surface area contributed by atoms with Crippen LogP contribution in [0.2, 0.25) is 5.02 Å². The fraction of sp³-hybridized carbons (Fsp3) is 0.370. The normalized spacial score (nSPS) is 18.9. The lowest BCUT2D eigenvalue weighted by Crippen LogP contribution is -2.40. The molecular formula is C27H27ClN6O3. The number of carbonyl (C=O) groups is 1. The lowest BCUT2D eigenvalue weighted by atomic mass is 10.1. The number of pyridine rings is 1. The number of amides is 1. The zero-order chi connectivity index (χ0) is 25.7. The van der Waals surface area contributed by atoms with Gasteiger partial charge >= 0.3 is 0 Å². The van der Waals surface area contributed by atoms with Crippen molar-refractivity contribution in [3.05, 3.63) is 59.1 Å². The number of hydrogen-bond acceptors (Lipinski definition) is 7. The summed E-state index contributed by atoms with van der Waals surface area (Å²) in [5.41, 5.74) is 4.34. The molecule has 4 aromatic rings. The van der Waals surface area contributed by atoms with Crippen LogP contribution in [0.15, 0.2) is 42.9 Å². The van der Waals surface area contributed by atoms with Crippen LogP contribution in [0.4, 0.5) is 5.69 Å². The van der Waals surface area contributed by atoms with E-state index in [4.69, 9.17) is 21.3 Å². The molecule has 1 aliphatic carbocycles. The van der Waals surface area contributed by atoms with Crippen LogP contribution in [-0.4, -0.2) is 53.8 Å². The number of halogens is 1. The number of ether oxygens (including phenoxy) is 1. The summed E-state index contributed by atoms with van der Waals surface area (Å²) in [4.78, 5) is 32.6. The van der Waals surface area contributed by atoms with Gasteiger partial charge in [-0.2, -0.15) is 4.98 Å². The first-order valence-electron chi connectivity index (χ1n) is 12.4. The standard InChI is InChI=1S/C27H27ClN6O3/c1-16-5-9-29-17(11-16)14-34-24(32-23-25(34)30-15-31-26(23)37-27(2)7-8-27)20-4-3-18(12-21(20)28)33-10-6-19(35)13-22(33)36/h3-5,9,11-12,15,19,35H,6-8,10,13-14H2,1-2H3. The minimum absolute atomic E-state index is 0.110. The summed E-state index contributed by atoms with van der Waals surface area (Å²) in [5.74, 6) is 0.944. The molecule has 0 spiro atoms. The SMILES string of the molecule is Cc1ccnc(Cn2c(-c3ccc(N4CCC(O)CC4=O)cc3Cl)nc3c(OC4(C)CC4)ncnc32)c1. The molecular weight excluding hydrogens is 492 g/mol. The van der Waals surface area contributed by atoms with E-state index in [9.17, 15) is 9.90 Å². The quantitative estimate of drug-likeness (QED) is 0.405. The molecule has 190 valence electrons. The van der Waals surface area contributed by atoms with E-state index < -0.39 is 6.10 Å². The Morgan fingerprint density at radius 1 is 1.19 bits per heavy atom. The van der Waals surface area contributed by atoms with Gasteiger partial charge in [-0.15, -0.1) is 0 Å². The van der Waals surface area contributed by atoms with E-state index >= 15 is 0 Å². The van der Waals surface area contributed by atoms with Crippen molar-refractivity contribution in [3.8, 4) is 17.3 Å². The number of carbonyl (C=O) groups excluding carboxylic acids is 1. The van der Waals surface area contributed by atoms with E-state index in [0.29, 0.717) is 58.7 Å². The molecule has 6 rings (SSSR count). The molecule has 37 heavy (non-hydrogen) atoms. The number of anilines is 1. The predicted octanol–water partition coefficient (Wildman–Crippen LogP) is 4.32. The van der Waals surface area contributed by atoms with Crippen molar-refractivity contribution in [2.45, 2.75) is 57.8 Å². The van der Waals surface area contributed by atoms with E-state index in [1.165, 1.54) is 6.33 Å². The summed E-state index contributed by atoms with van der Waals surface area (Å²) < 4.78 is 8.18. The molecule has 2 aliphatic rings. The number of rotatable bonds is 6. The zero-order valence-corrected chi connectivity index (χ0v) is 21.4. The highest BCUT2D eigenvalue weighted by Crippen LogP contribution is 2.41. The van der Waals surface area contributed by atoms with Gasteiger partial charge in [0.1, 0.15) is 17.8 Å². The van der Waals surface area contributed by atoms with Crippen LogP contribution in [-0.2, 0) is 11.3 Å². The van der Waals surface area contributed by atoms with Crippen molar-refractivity contribution in [1.29, 1.82) is 0 Å². The molecule has 0 radical (unpaired) electrons. The van der Waals surface area contributed by atoms with Crippen molar-refractivity contribution in [2.24, 2.45) is 0 Å². The van der Waals surface area contributed by atoms with Gasteiger partial charge in [-0.3, -0.25) is 9.78 Å². The average Bonchev–Trinajstić information content (AvgIpc) is 3.47. The number of fused-ring (bicyclic) bond motifs is 1. The number of imidazole rings is 1. The minimum Gasteiger partial charge on any atom is -0.470 e. The molecule has 1 aliphatic heterocycles. The molecule has 1 amide bonds. The number of hydrogen-bond donors (Lipinski definition) is 1. The fourth-order valence-electron chi connectivity index (χ4n) is 4.65. The van der Waals surface area contributed by atoms with Gasteiger partial charge in [-0.25, -0.2) is 9.97 Å². The molecule has 1 saturated carbocycles. The van der Waals surface area contributed by atoms with Crippen molar-refractivity contribution < 1.29 is 14.6 Å². The van der Waals surface area contributed by atoms with Crippen LogP contribution in [0.3, 0.4) is 0 Å². The maximum absolute atomic E-state index is 12.5. The third kappa shape index (κ3) is 4.65. The second-order valence-corrected chi connectivity index (χ2v) is 10.5. The highest BCUT2D eigenvalue weighted by molar-refractivity contribution is 6.33. The molecule has 1 unspecified atom stereocenters. The van der Waals surface area contributed by atoms with Gasteiger partial charge in [0.25, 0.3) is 0 Å². The Labute approximate surface area is 219 Å². The molecule has 10 heteroatoms. The van der Waals surface area contributed by atoms with Gasteiger partial charge in [-0.05, 0) is 69.0 Å². The smallest absolute Gasteiger partial charge is 0.245 e. The summed E-state index contributed by atoms with van der Waals surface area (Å²) in [6.07, 6.45) is 5.27. The monoisotopic (exact) mass is 518 g/mol. The van der Waals surface area contributed by atoms with Crippen LogP contribution in [0.1, 0.15) is 43.9 Å². The summed E-state index contributed by atoms with van der Waals surface area (Å²) in [5, 5.41) is 10.3. The molecule has 1 saturated heterocycles. The van der Waals surface area contributed by atoms with E-state index in [-0.39, 0.29) is 17.9 Å². The maximum Gasteiger partial charge on any atom is 0.245 e. The largest absolute Gasteiger partial charge is 0.470 e. The molecule has 2 fully saturated rings. The van der Waals surface area contributed by atoms with Crippen LogP contribution < -0.4 is 9.64 Å². The summed E-state index contributed by atoms with van der Waals surface area (Å²) in [7, 11) is 0. The highest BCUT2D eigenvalue weighted by Gasteiger charge is 2.41. The van der Waals surface area contributed by atoms with Crippen LogP contribution in [0, 0.1) is 6.92 Å². The molecule has 3 aromatic heterocycles. The Balaban J connectivity index is 1.45. The number of aliphatic hydroxyl groups is 1. The van der Waals surface area contributed by atoms with Crippen molar-refractivity contribution in [2.75, 3.05) is 11.4 Å². The van der Waals surface area contributed by atoms with Crippen molar-refractivity contribution in [1.82, 2.24) is 24.5 Å². The second kappa shape index (κ2) is 9.08. The number of benzene rings is 1. The minimum atomic E-state index is -0.593. The number of aliphatic hydroxyl groups excluding tert-OH is 1. The van der Waals surface area contributed by atoms with Gasteiger partial charge in [0.05, 0.1) is 29.8 Å². The Kier molecular flexibility index (Phi) is 5.84. The third-order valence-corrected chi connectivity index (χ3v) is 7.30. The Bertz CT molecular complexity index is 1520. The predicted molar refractivity (Wildman–Crippen MR) is 140 cm³/mol. The first-order chi connectivity index (χ1) is 17.8. The average molecular weight is 519 g/mol. The van der Waals surface area contributed by atoms with E-state index in [1.54, 1.807) is 17.2 Å². The first kappa shape index (κ1) is 23.8. The Morgan fingerprint density at radius 2 is 2.03 bits per heavy atom. The first-order valence-corrected chi connectivity index (χ1v) is 12.8. The fourth-order valence-corrected chi connectivity index (χ4v) is 4.91. The number of aryl methyl sites for hydroxylation is 1. The van der Waals surface area contributed by atoms with Crippen LogP contribution in [0.25, 0.3) is 22.6 Å². The summed E-state index contributed by atoms with van der Waals surface area (Å²) in [6.45, 7) is 4.97. The summed E-state index contributed by atoms with van der Waals surface area (Å²) >= 11 is 6.82. The van der Waals surface area contributed by atoms with Gasteiger partial charge in [0.2, 0.25) is 11.8 Å². The zero-order valence-electron chi connectivity index (χ0n) is 20.7. The molecule has 9 nitrogen and oxygen atoms in total. The van der Waals surface area contributed by atoms with Crippen molar-refractivity contribution >= 4 is 34.4 Å². The maximum atomic E-state index is 12.5. The molecule has 1 aromatic carbocycles. The Morgan fingerprint density at radius 3 is 2.76 bits per heavy atom. The van der Waals surface area contributed by atoms with Crippen LogP contribution >= 0.6 is 11.6 Å². The van der Waals surface area contributed by atoms with Gasteiger partial charge < -0.3 is 19.3 Å². The van der Waals surface area contributed by atoms with E-state index in [1.807, 2.05) is 35.8 Å². The second-order valence-electron chi connectivity index (χ2n) is 10.1. The molecule has 1 atom stereocenters. The lowest BCUT2D eigenvalue weighted by molar-refractivity contribution is -0.122. The topological polar surface area (TPSA) is 106 Å².